The van der Waals surface area contributed by atoms with Crippen LogP contribution in [0.25, 0.3) is 0 Å². The van der Waals surface area contributed by atoms with Crippen LogP contribution in [-0.2, 0) is 0 Å². The van der Waals surface area contributed by atoms with Gasteiger partial charge in [-0.1, -0.05) is 26.0 Å². The number of hydrogen-bond acceptors (Lipinski definition) is 3. The molecular weight excluding hydrogens is 260 g/mol. The van der Waals surface area contributed by atoms with Crippen molar-refractivity contribution in [3.05, 3.63) is 29.8 Å². The zero-order valence-electron chi connectivity index (χ0n) is 14.6. The Morgan fingerprint density at radius 2 is 1.76 bits per heavy atom. The fraction of sp³-hybridized carbons (Fsp3) is 0.667. The Morgan fingerprint density at radius 3 is 2.19 bits per heavy atom. The van der Waals surface area contributed by atoms with Gasteiger partial charge in [0, 0.05) is 5.54 Å². The third kappa shape index (κ3) is 4.45. The number of nitrogens with one attached hydrogen (secondary N) is 1. The second-order valence-corrected chi connectivity index (χ2v) is 5.99. The van der Waals surface area contributed by atoms with Crippen LogP contribution in [0.2, 0.25) is 0 Å². The lowest BCUT2D eigenvalue weighted by Crippen LogP contribution is -2.51. The lowest BCUT2D eigenvalue weighted by molar-refractivity contribution is 0.113. The van der Waals surface area contributed by atoms with E-state index in [1.54, 1.807) is 0 Å². The number of benzene rings is 1. The quantitative estimate of drug-likeness (QED) is 0.748. The Bertz CT molecular complexity index is 402. The van der Waals surface area contributed by atoms with Gasteiger partial charge in [-0.15, -0.1) is 0 Å². The minimum absolute atomic E-state index is 0.0856. The van der Waals surface area contributed by atoms with E-state index in [4.69, 9.17) is 4.74 Å². The van der Waals surface area contributed by atoms with E-state index in [1.807, 2.05) is 6.92 Å². The maximum Gasteiger partial charge on any atom is 0.119 e. The molecule has 2 atom stereocenters. The summed E-state index contributed by atoms with van der Waals surface area (Å²) in [7, 11) is 4.33. The SMILES string of the molecule is CCCNC(c1ccc(OCC)cc1)C(C)(CC)N(C)C. The van der Waals surface area contributed by atoms with Crippen LogP contribution in [0.1, 0.15) is 52.1 Å². The largest absolute Gasteiger partial charge is 0.494 e. The van der Waals surface area contributed by atoms with Crippen molar-refractivity contribution < 1.29 is 4.74 Å². The van der Waals surface area contributed by atoms with E-state index >= 15 is 0 Å². The van der Waals surface area contributed by atoms with Gasteiger partial charge in [-0.05, 0) is 65.0 Å². The highest BCUT2D eigenvalue weighted by atomic mass is 16.5. The maximum atomic E-state index is 5.55. The Kier molecular flexibility index (Phi) is 7.20. The molecule has 120 valence electrons. The van der Waals surface area contributed by atoms with Gasteiger partial charge in [0.1, 0.15) is 5.75 Å². The molecular formula is C18H32N2O. The molecule has 0 aliphatic rings. The topological polar surface area (TPSA) is 24.5 Å². The normalized spacial score (nSPS) is 15.8. The lowest BCUT2D eigenvalue weighted by Gasteiger charge is -2.43. The first-order valence-corrected chi connectivity index (χ1v) is 8.13. The Labute approximate surface area is 130 Å². The molecule has 21 heavy (non-hydrogen) atoms. The minimum atomic E-state index is 0.0856. The number of hydrogen-bond donors (Lipinski definition) is 1. The Balaban J connectivity index is 3.06. The summed E-state index contributed by atoms with van der Waals surface area (Å²) >= 11 is 0. The molecule has 0 radical (unpaired) electrons. The van der Waals surface area contributed by atoms with Gasteiger partial charge in [0.15, 0.2) is 0 Å². The highest BCUT2D eigenvalue weighted by Crippen LogP contribution is 2.33. The molecule has 0 amide bonds. The fourth-order valence-electron chi connectivity index (χ4n) is 2.69. The van der Waals surface area contributed by atoms with Crippen molar-refractivity contribution in [1.29, 1.82) is 0 Å². The van der Waals surface area contributed by atoms with E-state index in [0.717, 1.165) is 25.1 Å². The summed E-state index contributed by atoms with van der Waals surface area (Å²) in [4.78, 5) is 2.33. The average Bonchev–Trinajstić information content (AvgIpc) is 2.48. The van der Waals surface area contributed by atoms with Crippen LogP contribution in [0.4, 0.5) is 0 Å². The van der Waals surface area contributed by atoms with Gasteiger partial charge in [0.2, 0.25) is 0 Å². The van der Waals surface area contributed by atoms with Crippen molar-refractivity contribution in [2.45, 2.75) is 52.1 Å². The second-order valence-electron chi connectivity index (χ2n) is 5.99. The van der Waals surface area contributed by atoms with Gasteiger partial charge >= 0.3 is 0 Å². The third-order valence-corrected chi connectivity index (χ3v) is 4.48. The van der Waals surface area contributed by atoms with E-state index in [0.29, 0.717) is 12.6 Å². The third-order valence-electron chi connectivity index (χ3n) is 4.48. The molecule has 0 saturated carbocycles. The zero-order chi connectivity index (χ0) is 15.9. The summed E-state index contributed by atoms with van der Waals surface area (Å²) in [5, 5.41) is 3.73. The summed E-state index contributed by atoms with van der Waals surface area (Å²) in [5.74, 6) is 0.943. The predicted octanol–water partition coefficient (Wildman–Crippen LogP) is 3.86. The molecule has 1 N–H and O–H groups in total. The molecule has 0 saturated heterocycles. The first-order valence-electron chi connectivity index (χ1n) is 8.13. The molecule has 0 heterocycles. The van der Waals surface area contributed by atoms with Crippen LogP contribution in [0.15, 0.2) is 24.3 Å². The molecule has 0 fully saturated rings. The summed E-state index contributed by atoms with van der Waals surface area (Å²) in [6, 6.07) is 8.84. The van der Waals surface area contributed by atoms with E-state index in [-0.39, 0.29) is 5.54 Å². The molecule has 1 rings (SSSR count). The van der Waals surface area contributed by atoms with Gasteiger partial charge in [-0.25, -0.2) is 0 Å². The van der Waals surface area contributed by atoms with E-state index in [2.05, 4.69) is 69.3 Å². The highest BCUT2D eigenvalue weighted by molar-refractivity contribution is 5.31. The van der Waals surface area contributed by atoms with E-state index in [9.17, 15) is 0 Å². The fourth-order valence-corrected chi connectivity index (χ4v) is 2.69. The van der Waals surface area contributed by atoms with Crippen LogP contribution in [0.3, 0.4) is 0 Å². The van der Waals surface area contributed by atoms with E-state index < -0.39 is 0 Å². The molecule has 3 nitrogen and oxygen atoms in total. The van der Waals surface area contributed by atoms with E-state index in [1.165, 1.54) is 5.56 Å². The number of ether oxygens (including phenoxy) is 1. The summed E-state index contributed by atoms with van der Waals surface area (Å²) < 4.78 is 5.55. The molecule has 0 spiro atoms. The average molecular weight is 292 g/mol. The summed E-state index contributed by atoms with van der Waals surface area (Å²) in [6.07, 6.45) is 2.23. The van der Waals surface area contributed by atoms with Gasteiger partial charge in [-0.3, -0.25) is 0 Å². The van der Waals surface area contributed by atoms with Gasteiger partial charge in [-0.2, -0.15) is 0 Å². The zero-order valence-corrected chi connectivity index (χ0v) is 14.6. The Morgan fingerprint density at radius 1 is 1.14 bits per heavy atom. The first kappa shape index (κ1) is 18.0. The van der Waals surface area contributed by atoms with Crippen molar-refractivity contribution in [1.82, 2.24) is 10.2 Å². The van der Waals surface area contributed by atoms with Crippen LogP contribution in [0.5, 0.6) is 5.75 Å². The minimum Gasteiger partial charge on any atom is -0.494 e. The standard InChI is InChI=1S/C18H32N2O/c1-7-14-19-17(18(4,8-2)20(5)6)15-10-12-16(13-11-15)21-9-3/h10-13,17,19H,7-9,14H2,1-6H3. The second kappa shape index (κ2) is 8.40. The molecule has 2 unspecified atom stereocenters. The molecule has 0 aliphatic carbocycles. The van der Waals surface area contributed by atoms with Crippen molar-refractivity contribution in [3.63, 3.8) is 0 Å². The monoisotopic (exact) mass is 292 g/mol. The van der Waals surface area contributed by atoms with Crippen LogP contribution >= 0.6 is 0 Å². The van der Waals surface area contributed by atoms with Gasteiger partial charge < -0.3 is 15.0 Å². The van der Waals surface area contributed by atoms with Crippen molar-refractivity contribution in [2.75, 3.05) is 27.2 Å². The first-order chi connectivity index (χ1) is 9.99. The molecule has 1 aromatic carbocycles. The van der Waals surface area contributed by atoms with Gasteiger partial charge in [0.25, 0.3) is 0 Å². The van der Waals surface area contributed by atoms with Crippen LogP contribution in [0, 0.1) is 0 Å². The highest BCUT2D eigenvalue weighted by Gasteiger charge is 2.35. The van der Waals surface area contributed by atoms with Crippen LogP contribution in [-0.4, -0.2) is 37.7 Å². The van der Waals surface area contributed by atoms with Crippen molar-refractivity contribution >= 4 is 0 Å². The molecule has 1 aromatic rings. The molecule has 0 aliphatic heterocycles. The van der Waals surface area contributed by atoms with Crippen LogP contribution < -0.4 is 10.1 Å². The summed E-state index contributed by atoms with van der Waals surface area (Å²) in [5.41, 5.74) is 1.41. The Hall–Kier alpha value is -1.06. The molecule has 0 aromatic heterocycles. The number of likely N-dealkylation sites (N-methyl/N-ethyl adjacent to an activating group) is 1. The number of nitrogens with zero attached hydrogens (tertiary/aromatic N) is 1. The van der Waals surface area contributed by atoms with Crippen molar-refractivity contribution in [2.24, 2.45) is 0 Å². The lowest BCUT2D eigenvalue weighted by atomic mass is 9.83. The smallest absolute Gasteiger partial charge is 0.119 e. The molecule has 0 bridgehead atoms. The molecule has 3 heteroatoms. The summed E-state index contributed by atoms with van der Waals surface area (Å²) in [6.45, 7) is 10.6. The maximum absolute atomic E-state index is 5.55. The van der Waals surface area contributed by atoms with Gasteiger partial charge in [0.05, 0.1) is 12.6 Å². The number of rotatable bonds is 9. The van der Waals surface area contributed by atoms with Crippen molar-refractivity contribution in [3.8, 4) is 5.75 Å². The predicted molar refractivity (Wildman–Crippen MR) is 91.0 cm³/mol.